The van der Waals surface area contributed by atoms with Gasteiger partial charge in [0.1, 0.15) is 6.07 Å². The molecule has 2 rings (SSSR count). The Morgan fingerprint density at radius 2 is 1.32 bits per heavy atom. The fraction of sp³-hybridized carbons (Fsp3) is 0. The van der Waals surface area contributed by atoms with E-state index in [9.17, 15) is 4.79 Å². The van der Waals surface area contributed by atoms with Gasteiger partial charge in [0.2, 0.25) is 0 Å². The summed E-state index contributed by atoms with van der Waals surface area (Å²) in [5.41, 5.74) is 2.49. The second kappa shape index (κ2) is 7.91. The maximum absolute atomic E-state index is 10.8. The molecule has 0 spiro atoms. The molecule has 2 aromatic rings. The van der Waals surface area contributed by atoms with Gasteiger partial charge in [0.25, 0.3) is 0 Å². The first-order valence-electron chi connectivity index (χ1n) is 6.56. The van der Waals surface area contributed by atoms with Crippen molar-refractivity contribution in [2.24, 2.45) is 0 Å². The standard InChI is InChI=1S/C20H11NO/c21-15-19-13-7-5-11-17(19)9-3-1-2-4-10-18-12-6-8-14-20(18)16-22/h1-2,5-8,11-14,16H. The third-order valence-electron chi connectivity index (χ3n) is 2.80. The summed E-state index contributed by atoms with van der Waals surface area (Å²) in [7, 11) is 0. The highest BCUT2D eigenvalue weighted by atomic mass is 16.1. The van der Waals surface area contributed by atoms with Gasteiger partial charge >= 0.3 is 0 Å². The zero-order valence-corrected chi connectivity index (χ0v) is 11.7. The summed E-state index contributed by atoms with van der Waals surface area (Å²) in [5.74, 6) is 11.5. The summed E-state index contributed by atoms with van der Waals surface area (Å²) in [4.78, 5) is 10.8. The average Bonchev–Trinajstić information content (AvgIpc) is 2.58. The van der Waals surface area contributed by atoms with Crippen LogP contribution in [0.15, 0.2) is 60.7 Å². The van der Waals surface area contributed by atoms with Crippen LogP contribution in [0, 0.1) is 35.0 Å². The molecular formula is C20H11NO. The van der Waals surface area contributed by atoms with Crippen molar-refractivity contribution in [3.05, 3.63) is 82.9 Å². The minimum Gasteiger partial charge on any atom is -0.298 e. The third kappa shape index (κ3) is 3.97. The fourth-order valence-electron chi connectivity index (χ4n) is 1.73. The van der Waals surface area contributed by atoms with Crippen molar-refractivity contribution < 1.29 is 4.79 Å². The van der Waals surface area contributed by atoms with Crippen LogP contribution < -0.4 is 0 Å². The molecule has 102 valence electrons. The summed E-state index contributed by atoms with van der Waals surface area (Å²) in [6.07, 6.45) is 4.01. The molecule has 0 saturated carbocycles. The van der Waals surface area contributed by atoms with Crippen molar-refractivity contribution in [3.8, 4) is 29.8 Å². The van der Waals surface area contributed by atoms with Crippen molar-refractivity contribution in [3.63, 3.8) is 0 Å². The van der Waals surface area contributed by atoms with E-state index in [2.05, 4.69) is 29.8 Å². The number of aldehydes is 1. The number of carbonyl (C=O) groups excluding carboxylic acids is 1. The smallest absolute Gasteiger partial charge is 0.151 e. The van der Waals surface area contributed by atoms with Crippen molar-refractivity contribution in [1.82, 2.24) is 0 Å². The Kier molecular flexibility index (Phi) is 5.34. The van der Waals surface area contributed by atoms with Crippen LogP contribution in [-0.4, -0.2) is 6.29 Å². The normalized spacial score (nSPS) is 9.05. The van der Waals surface area contributed by atoms with Gasteiger partial charge in [-0.05, 0) is 30.4 Å². The largest absolute Gasteiger partial charge is 0.298 e. The lowest BCUT2D eigenvalue weighted by Gasteiger charge is -1.92. The number of rotatable bonds is 1. The summed E-state index contributed by atoms with van der Waals surface area (Å²) < 4.78 is 0. The quantitative estimate of drug-likeness (QED) is 0.594. The van der Waals surface area contributed by atoms with Gasteiger partial charge in [0.05, 0.1) is 5.56 Å². The van der Waals surface area contributed by atoms with Gasteiger partial charge in [-0.3, -0.25) is 4.79 Å². The van der Waals surface area contributed by atoms with Gasteiger partial charge in [-0.1, -0.05) is 54.0 Å². The monoisotopic (exact) mass is 281 g/mol. The van der Waals surface area contributed by atoms with E-state index in [-0.39, 0.29) is 0 Å². The van der Waals surface area contributed by atoms with Gasteiger partial charge in [-0.25, -0.2) is 0 Å². The SMILES string of the molecule is N#Cc1ccccc1C#CC=CC#Cc1ccccc1C=O. The van der Waals surface area contributed by atoms with Crippen LogP contribution in [0.2, 0.25) is 0 Å². The van der Waals surface area contributed by atoms with E-state index in [4.69, 9.17) is 5.26 Å². The lowest BCUT2D eigenvalue weighted by Crippen LogP contribution is -1.84. The van der Waals surface area contributed by atoms with E-state index in [1.54, 1.807) is 48.6 Å². The van der Waals surface area contributed by atoms with Crippen LogP contribution in [0.5, 0.6) is 0 Å². The Morgan fingerprint density at radius 1 is 0.773 bits per heavy atom. The predicted octanol–water partition coefficient (Wildman–Crippen LogP) is 3.33. The maximum Gasteiger partial charge on any atom is 0.151 e. The Bertz CT molecular complexity index is 877. The van der Waals surface area contributed by atoms with E-state index < -0.39 is 0 Å². The average molecular weight is 281 g/mol. The lowest BCUT2D eigenvalue weighted by molar-refractivity contribution is 0.112. The van der Waals surface area contributed by atoms with Gasteiger partial charge in [0.15, 0.2) is 6.29 Å². The van der Waals surface area contributed by atoms with Gasteiger partial charge < -0.3 is 0 Å². The highest BCUT2D eigenvalue weighted by Gasteiger charge is 1.95. The predicted molar refractivity (Wildman–Crippen MR) is 85.9 cm³/mol. The second-order valence-electron chi connectivity index (χ2n) is 4.23. The number of hydrogen-bond acceptors (Lipinski definition) is 2. The zero-order valence-electron chi connectivity index (χ0n) is 11.7. The number of nitriles is 1. The molecule has 2 nitrogen and oxygen atoms in total. The summed E-state index contributed by atoms with van der Waals surface area (Å²) >= 11 is 0. The molecule has 0 saturated heterocycles. The first kappa shape index (κ1) is 14.9. The molecule has 0 heterocycles. The molecule has 0 bridgehead atoms. The summed E-state index contributed by atoms with van der Waals surface area (Å²) in [6.45, 7) is 0. The minimum atomic E-state index is 0.550. The second-order valence-corrected chi connectivity index (χ2v) is 4.23. The maximum atomic E-state index is 10.8. The molecule has 0 aliphatic rings. The lowest BCUT2D eigenvalue weighted by atomic mass is 10.1. The summed E-state index contributed by atoms with van der Waals surface area (Å²) in [6, 6.07) is 16.4. The number of carbonyl (C=O) groups is 1. The van der Waals surface area contributed by atoms with Gasteiger partial charge in [-0.2, -0.15) is 5.26 Å². The molecule has 0 amide bonds. The molecule has 0 radical (unpaired) electrons. The molecular weight excluding hydrogens is 270 g/mol. The van der Waals surface area contributed by atoms with E-state index in [1.165, 1.54) is 0 Å². The van der Waals surface area contributed by atoms with E-state index in [0.29, 0.717) is 22.3 Å². The Labute approximate surface area is 129 Å². The van der Waals surface area contributed by atoms with E-state index in [1.807, 2.05) is 12.1 Å². The third-order valence-corrected chi connectivity index (χ3v) is 2.80. The molecule has 0 N–H and O–H groups in total. The van der Waals surface area contributed by atoms with Crippen LogP contribution in [0.1, 0.15) is 27.0 Å². The Morgan fingerprint density at radius 3 is 1.95 bits per heavy atom. The summed E-state index contributed by atoms with van der Waals surface area (Å²) in [5, 5.41) is 8.95. The van der Waals surface area contributed by atoms with Gasteiger partial charge in [-0.15, -0.1) is 0 Å². The molecule has 0 aliphatic heterocycles. The van der Waals surface area contributed by atoms with Crippen molar-refractivity contribution >= 4 is 6.29 Å². The Hall–Kier alpha value is -3.54. The zero-order chi connectivity index (χ0) is 15.6. The highest BCUT2D eigenvalue weighted by Crippen LogP contribution is 2.05. The van der Waals surface area contributed by atoms with Crippen molar-refractivity contribution in [1.29, 1.82) is 5.26 Å². The highest BCUT2D eigenvalue weighted by molar-refractivity contribution is 5.79. The molecule has 0 atom stereocenters. The molecule has 0 unspecified atom stereocenters. The Balaban J connectivity index is 2.10. The molecule has 2 heteroatoms. The number of hydrogen-bond donors (Lipinski definition) is 0. The molecule has 0 aromatic heterocycles. The van der Waals surface area contributed by atoms with Crippen molar-refractivity contribution in [2.45, 2.75) is 0 Å². The topological polar surface area (TPSA) is 40.9 Å². The number of allylic oxidation sites excluding steroid dienone is 2. The van der Waals surface area contributed by atoms with Gasteiger partial charge in [0, 0.05) is 16.7 Å². The fourth-order valence-corrected chi connectivity index (χ4v) is 1.73. The molecule has 22 heavy (non-hydrogen) atoms. The van der Waals surface area contributed by atoms with Crippen LogP contribution in [0.25, 0.3) is 0 Å². The van der Waals surface area contributed by atoms with Crippen LogP contribution in [0.4, 0.5) is 0 Å². The van der Waals surface area contributed by atoms with Crippen LogP contribution in [-0.2, 0) is 0 Å². The molecule has 2 aromatic carbocycles. The molecule has 0 aliphatic carbocycles. The first-order chi connectivity index (χ1) is 10.8. The van der Waals surface area contributed by atoms with Crippen LogP contribution in [0.3, 0.4) is 0 Å². The minimum absolute atomic E-state index is 0.550. The van der Waals surface area contributed by atoms with E-state index >= 15 is 0 Å². The number of benzene rings is 2. The number of nitrogens with zero attached hydrogens (tertiary/aromatic N) is 1. The van der Waals surface area contributed by atoms with Crippen molar-refractivity contribution in [2.75, 3.05) is 0 Å². The van der Waals surface area contributed by atoms with Crippen LogP contribution >= 0.6 is 0 Å². The molecule has 0 fully saturated rings. The first-order valence-corrected chi connectivity index (χ1v) is 6.56. The van der Waals surface area contributed by atoms with E-state index in [0.717, 1.165) is 6.29 Å².